The topological polar surface area (TPSA) is 0 Å². The maximum Gasteiger partial charge on any atom is -0.0469 e. The maximum absolute atomic E-state index is 2.99. The molecule has 0 saturated heterocycles. The van der Waals surface area contributed by atoms with Crippen molar-refractivity contribution in [2.75, 3.05) is 0 Å². The summed E-state index contributed by atoms with van der Waals surface area (Å²) in [6.07, 6.45) is 10.0. The fourth-order valence-electron chi connectivity index (χ4n) is 3.67. The third-order valence-corrected chi connectivity index (χ3v) is 10.5. The summed E-state index contributed by atoms with van der Waals surface area (Å²) in [5, 5.41) is 5.46. The molecule has 0 radical (unpaired) electrons. The summed E-state index contributed by atoms with van der Waals surface area (Å²) < 4.78 is 0. The minimum absolute atomic E-state index is 0. The van der Waals surface area contributed by atoms with Crippen LogP contribution in [0.25, 0.3) is 21.5 Å². The van der Waals surface area contributed by atoms with Crippen LogP contribution in [-0.2, 0) is 23.3 Å². The van der Waals surface area contributed by atoms with Crippen LogP contribution in [-0.4, -0.2) is 5.43 Å². The second-order valence-corrected chi connectivity index (χ2v) is 16.4. The van der Waals surface area contributed by atoms with E-state index in [0.717, 1.165) is 18.3 Å². The zero-order valence-corrected chi connectivity index (χ0v) is 25.3. The molecule has 0 N–H and O–H groups in total. The molecule has 3 aromatic carbocycles. The SMILES string of the molecule is CC(C)C[Si](=[Zr+2])CC(C)C.Cc1ccc2c(c1)[cH-]c1cc(C)ccc12.[C-]1=CC=CC1.[Cl-].[Cl-]. The first-order valence-electron chi connectivity index (χ1n) is 11.1. The average Bonchev–Trinajstić information content (AvgIpc) is 3.31. The van der Waals surface area contributed by atoms with Gasteiger partial charge in [0.25, 0.3) is 0 Å². The van der Waals surface area contributed by atoms with E-state index in [2.05, 4.69) is 96.2 Å². The van der Waals surface area contributed by atoms with Gasteiger partial charge in [-0.25, -0.2) is 12.2 Å². The van der Waals surface area contributed by atoms with Gasteiger partial charge in [-0.05, 0) is 13.8 Å². The van der Waals surface area contributed by atoms with Crippen molar-refractivity contribution in [2.45, 2.75) is 60.1 Å². The molecule has 1 aliphatic carbocycles. The summed E-state index contributed by atoms with van der Waals surface area (Å²) in [6, 6.07) is 18.7. The molecule has 0 heterocycles. The van der Waals surface area contributed by atoms with E-state index in [1.165, 1.54) is 44.8 Å². The molecule has 32 heavy (non-hydrogen) atoms. The van der Waals surface area contributed by atoms with Gasteiger partial charge < -0.3 is 24.8 Å². The second-order valence-electron chi connectivity index (χ2n) is 9.13. The standard InChI is InChI=1S/C15H13.C8H18Si.C5H5.2ClH.Zr/c1-10-3-5-14-12(7-10)9-13-8-11(2)4-6-15(13)14;1-7(2)5-9-6-8(3)4;1-2-4-5-3-1;;;/h3-9H,1-2H3;7-8H,5-6H2,1-4H3;1-3H,4H2;2*1H;/q-1;;-1;;;+2/p-2. The van der Waals surface area contributed by atoms with Gasteiger partial charge in [0.15, 0.2) is 0 Å². The first-order valence-corrected chi connectivity index (χ1v) is 16.7. The molecule has 0 nitrogen and oxygen atoms in total. The van der Waals surface area contributed by atoms with E-state index in [-0.39, 0.29) is 30.2 Å². The van der Waals surface area contributed by atoms with Crippen LogP contribution in [0.1, 0.15) is 45.2 Å². The van der Waals surface area contributed by atoms with Crippen molar-refractivity contribution in [3.8, 4) is 0 Å². The van der Waals surface area contributed by atoms with Crippen LogP contribution in [0.3, 0.4) is 0 Å². The van der Waals surface area contributed by atoms with Gasteiger partial charge in [-0.2, -0.15) is 6.08 Å². The Hall–Kier alpha value is -0.530. The number of halogens is 2. The minimum Gasteiger partial charge on any atom is -1.00 e. The Labute approximate surface area is 223 Å². The van der Waals surface area contributed by atoms with Gasteiger partial charge in [0.2, 0.25) is 0 Å². The van der Waals surface area contributed by atoms with Gasteiger partial charge in [-0.15, -0.1) is 46.2 Å². The van der Waals surface area contributed by atoms with Crippen molar-refractivity contribution in [1.29, 1.82) is 0 Å². The fourth-order valence-corrected chi connectivity index (χ4v) is 11.8. The molecule has 1 aliphatic rings. The van der Waals surface area contributed by atoms with Crippen LogP contribution < -0.4 is 24.8 Å². The van der Waals surface area contributed by atoms with E-state index in [9.17, 15) is 0 Å². The quantitative estimate of drug-likeness (QED) is 0.339. The summed E-state index contributed by atoms with van der Waals surface area (Å²) >= 11 is 1.83. The molecule has 172 valence electrons. The predicted octanol–water partition coefficient (Wildman–Crippen LogP) is 2.48. The third kappa shape index (κ3) is 11.1. The van der Waals surface area contributed by atoms with E-state index in [1.54, 1.807) is 0 Å². The number of benzene rings is 2. The molecule has 0 atom stereocenters. The number of allylic oxidation sites excluding steroid dienone is 4. The first kappa shape index (κ1) is 31.5. The van der Waals surface area contributed by atoms with Crippen LogP contribution in [0.15, 0.2) is 60.7 Å². The Morgan fingerprint density at radius 2 is 1.34 bits per heavy atom. The molecule has 4 heteroatoms. The predicted molar refractivity (Wildman–Crippen MR) is 133 cm³/mol. The largest absolute Gasteiger partial charge is 1.00 e. The van der Waals surface area contributed by atoms with Crippen LogP contribution in [0.5, 0.6) is 0 Å². The van der Waals surface area contributed by atoms with Gasteiger partial charge in [0, 0.05) is 0 Å². The maximum atomic E-state index is 2.99. The number of hydrogen-bond acceptors (Lipinski definition) is 0. The molecular formula is C28H36Cl2SiZr-2. The Balaban J connectivity index is 0.000000494. The fraction of sp³-hybridized carbons (Fsp3) is 0.393. The Bertz CT molecular complexity index is 950. The zero-order chi connectivity index (χ0) is 22.1. The molecule has 0 fully saturated rings. The van der Waals surface area contributed by atoms with Crippen LogP contribution in [0.2, 0.25) is 12.1 Å². The van der Waals surface area contributed by atoms with Gasteiger partial charge in [0.05, 0.1) is 0 Å². The number of hydrogen-bond donors (Lipinski definition) is 0. The summed E-state index contributed by atoms with van der Waals surface area (Å²) in [6.45, 7) is 13.7. The smallest absolute Gasteiger partial charge is 0.0469 e. The first-order chi connectivity index (χ1) is 14.3. The molecule has 0 unspecified atom stereocenters. The summed E-state index contributed by atoms with van der Waals surface area (Å²) in [4.78, 5) is 0. The molecule has 0 bridgehead atoms. The van der Waals surface area contributed by atoms with Gasteiger partial charge >= 0.3 is 80.4 Å². The van der Waals surface area contributed by atoms with Crippen LogP contribution in [0.4, 0.5) is 0 Å². The molecule has 0 aliphatic heterocycles. The Kier molecular flexibility index (Phi) is 15.9. The van der Waals surface area contributed by atoms with Crippen LogP contribution >= 0.6 is 0 Å². The van der Waals surface area contributed by atoms with Gasteiger partial charge in [-0.3, -0.25) is 6.08 Å². The van der Waals surface area contributed by atoms with Crippen molar-refractivity contribution in [3.05, 3.63) is 77.9 Å². The van der Waals surface area contributed by atoms with Crippen molar-refractivity contribution < 1.29 is 48.1 Å². The van der Waals surface area contributed by atoms with Crippen molar-refractivity contribution in [1.82, 2.24) is 0 Å². The molecular weight excluding hydrogens is 527 g/mol. The normalized spacial score (nSPS) is 11.6. The van der Waals surface area contributed by atoms with Crippen LogP contribution in [0, 0.1) is 31.8 Å². The Morgan fingerprint density at radius 3 is 1.66 bits per heavy atom. The second kappa shape index (κ2) is 16.2. The third-order valence-electron chi connectivity index (χ3n) is 4.91. The molecule has 0 spiro atoms. The van der Waals surface area contributed by atoms with E-state index in [1.807, 2.05) is 35.5 Å². The molecule has 0 aromatic heterocycles. The molecule has 0 saturated carbocycles. The van der Waals surface area contributed by atoms with E-state index >= 15 is 0 Å². The molecule has 4 rings (SSSR count). The monoisotopic (exact) mass is 560 g/mol. The van der Waals surface area contributed by atoms with Crippen molar-refractivity contribution in [3.63, 3.8) is 0 Å². The van der Waals surface area contributed by atoms with E-state index in [4.69, 9.17) is 0 Å². The molecule has 0 amide bonds. The van der Waals surface area contributed by atoms with Crippen molar-refractivity contribution in [2.24, 2.45) is 11.8 Å². The average molecular weight is 563 g/mol. The molecule has 3 aromatic rings. The summed E-state index contributed by atoms with van der Waals surface area (Å²) in [5.74, 6) is 1.87. The number of aryl methyl sites for hydroxylation is 2. The minimum atomic E-state index is 0. The van der Waals surface area contributed by atoms with Crippen molar-refractivity contribution >= 4 is 27.0 Å². The van der Waals surface area contributed by atoms with Gasteiger partial charge in [0.1, 0.15) is 0 Å². The Morgan fingerprint density at radius 1 is 0.875 bits per heavy atom. The van der Waals surface area contributed by atoms with E-state index in [0.29, 0.717) is 0 Å². The zero-order valence-electron chi connectivity index (χ0n) is 20.3. The summed E-state index contributed by atoms with van der Waals surface area (Å²) in [5.41, 5.74) is 2.76. The number of fused-ring (bicyclic) bond motifs is 3. The summed E-state index contributed by atoms with van der Waals surface area (Å²) in [7, 11) is 0. The van der Waals surface area contributed by atoms with E-state index < -0.39 is 0 Å². The number of rotatable bonds is 4. The van der Waals surface area contributed by atoms with Gasteiger partial charge in [-0.1, -0.05) is 35.4 Å².